The van der Waals surface area contributed by atoms with Crippen LogP contribution in [0, 0.1) is 0 Å². The summed E-state index contributed by atoms with van der Waals surface area (Å²) in [7, 11) is 0. The van der Waals surface area contributed by atoms with Gasteiger partial charge in [0.15, 0.2) is 0 Å². The van der Waals surface area contributed by atoms with Gasteiger partial charge in [0.2, 0.25) is 5.91 Å². The molecule has 0 radical (unpaired) electrons. The molecule has 1 aliphatic heterocycles. The van der Waals surface area contributed by atoms with Crippen molar-refractivity contribution in [3.05, 3.63) is 123 Å². The van der Waals surface area contributed by atoms with Crippen LogP contribution in [0.3, 0.4) is 0 Å². The number of carbonyl (C=O) groups excluding carboxylic acids is 2. The third kappa shape index (κ3) is 7.18. The number of nitrogens with zero attached hydrogens (tertiary/aromatic N) is 3. The summed E-state index contributed by atoms with van der Waals surface area (Å²) >= 11 is 0. The Morgan fingerprint density at radius 2 is 1.53 bits per heavy atom. The number of aromatic amines is 1. The SMILES string of the molecule is C[C@@H](OC[C@@]1(c2ccccc2)CC[C@](C(N)=O)(n2cn[nH]c2=O)CN1C(=O)OCc1ccccc1)c1cc(C(F)(F)F)cc(C(F)(F)F)c1. The highest BCUT2D eigenvalue weighted by molar-refractivity contribution is 5.84. The lowest BCUT2D eigenvalue weighted by Gasteiger charge is -2.52. The van der Waals surface area contributed by atoms with E-state index in [9.17, 15) is 40.7 Å². The van der Waals surface area contributed by atoms with Gasteiger partial charge in [-0.1, -0.05) is 60.7 Å². The van der Waals surface area contributed by atoms with Crippen molar-refractivity contribution in [2.75, 3.05) is 13.2 Å². The quantitative estimate of drug-likeness (QED) is 0.210. The van der Waals surface area contributed by atoms with Crippen molar-refractivity contribution in [3.8, 4) is 0 Å². The number of hydrogen-bond donors (Lipinski definition) is 2. The maximum atomic E-state index is 14.1. The molecule has 2 amide bonds. The van der Waals surface area contributed by atoms with Gasteiger partial charge in [0.05, 0.1) is 35.9 Å². The average molecular weight is 692 g/mol. The van der Waals surface area contributed by atoms with Gasteiger partial charge < -0.3 is 15.2 Å². The van der Waals surface area contributed by atoms with E-state index in [1.165, 1.54) is 11.8 Å². The number of carbonyl (C=O) groups is 2. The second-order valence-electron chi connectivity index (χ2n) is 11.7. The van der Waals surface area contributed by atoms with E-state index >= 15 is 0 Å². The van der Waals surface area contributed by atoms with Crippen molar-refractivity contribution >= 4 is 12.0 Å². The standard InChI is InChI=1S/C33H31F6N5O5/c1-21(23-14-25(32(34,35)36)16-26(15-23)33(37,38)39)49-19-31(24-10-6-3-7-11-24)13-12-30(27(40)45,44-20-41-42-28(44)46)18-43(31)29(47)48-17-22-8-4-2-5-9-22/h2-11,14-16,20-21H,12-13,17-19H2,1H3,(H2,40,45)(H,42,46)/t21-,30+,31-/m1/s1. The Kier molecular flexibility index (Phi) is 9.63. The van der Waals surface area contributed by atoms with Crippen LogP contribution in [0.1, 0.15) is 53.7 Å². The van der Waals surface area contributed by atoms with Crippen LogP contribution < -0.4 is 11.4 Å². The molecule has 3 atom stereocenters. The second-order valence-corrected chi connectivity index (χ2v) is 11.7. The van der Waals surface area contributed by atoms with Crippen LogP contribution >= 0.6 is 0 Å². The van der Waals surface area contributed by atoms with E-state index in [-0.39, 0.29) is 25.5 Å². The number of primary amides is 1. The van der Waals surface area contributed by atoms with Crippen LogP contribution in [0.25, 0.3) is 0 Å². The molecule has 49 heavy (non-hydrogen) atoms. The fourth-order valence-electron chi connectivity index (χ4n) is 6.00. The summed E-state index contributed by atoms with van der Waals surface area (Å²) in [6.07, 6.45) is -11.6. The van der Waals surface area contributed by atoms with Crippen LogP contribution in [-0.2, 0) is 44.3 Å². The minimum absolute atomic E-state index is 0.0223. The van der Waals surface area contributed by atoms with E-state index in [4.69, 9.17) is 15.2 Å². The Morgan fingerprint density at radius 3 is 2.06 bits per heavy atom. The summed E-state index contributed by atoms with van der Waals surface area (Å²) < 4.78 is 94.6. The van der Waals surface area contributed by atoms with Crippen LogP contribution in [0.2, 0.25) is 0 Å². The number of ether oxygens (including phenoxy) is 2. The van der Waals surface area contributed by atoms with Crippen LogP contribution in [0.15, 0.2) is 90.0 Å². The summed E-state index contributed by atoms with van der Waals surface area (Å²) in [5.41, 5.74) is -0.569. The highest BCUT2D eigenvalue weighted by atomic mass is 19.4. The monoisotopic (exact) mass is 691 g/mol. The average Bonchev–Trinajstić information content (AvgIpc) is 3.51. The van der Waals surface area contributed by atoms with Crippen molar-refractivity contribution in [2.45, 2.75) is 55.9 Å². The Hall–Kier alpha value is -5.12. The van der Waals surface area contributed by atoms with Crippen molar-refractivity contribution in [2.24, 2.45) is 5.73 Å². The number of benzene rings is 3. The van der Waals surface area contributed by atoms with Gasteiger partial charge >= 0.3 is 24.1 Å². The molecule has 0 aliphatic carbocycles. The highest BCUT2D eigenvalue weighted by Gasteiger charge is 2.56. The normalized spacial score (nSPS) is 20.5. The molecule has 3 N–H and O–H groups in total. The van der Waals surface area contributed by atoms with E-state index in [0.29, 0.717) is 23.3 Å². The summed E-state index contributed by atoms with van der Waals surface area (Å²) in [5, 5.41) is 5.91. The zero-order valence-electron chi connectivity index (χ0n) is 25.9. The van der Waals surface area contributed by atoms with E-state index in [2.05, 4.69) is 10.2 Å². The minimum atomic E-state index is -5.08. The van der Waals surface area contributed by atoms with Gasteiger partial charge in [-0.15, -0.1) is 0 Å². The first-order valence-electron chi connectivity index (χ1n) is 14.9. The van der Waals surface area contributed by atoms with Gasteiger partial charge in [0.1, 0.15) is 18.5 Å². The van der Waals surface area contributed by atoms with Crippen molar-refractivity contribution < 1.29 is 45.4 Å². The molecular formula is C33H31F6N5O5. The maximum Gasteiger partial charge on any atom is 0.416 e. The summed E-state index contributed by atoms with van der Waals surface area (Å²) in [6, 6.07) is 18.1. The molecule has 0 unspecified atom stereocenters. The molecule has 0 saturated carbocycles. The molecule has 0 bridgehead atoms. The number of nitrogens with one attached hydrogen (secondary N) is 1. The fourth-order valence-corrected chi connectivity index (χ4v) is 6.00. The molecule has 260 valence electrons. The Bertz CT molecular complexity index is 1810. The largest absolute Gasteiger partial charge is 0.445 e. The van der Waals surface area contributed by atoms with Crippen LogP contribution in [-0.4, -0.2) is 44.8 Å². The van der Waals surface area contributed by atoms with Crippen LogP contribution in [0.4, 0.5) is 31.1 Å². The Morgan fingerprint density at radius 1 is 0.939 bits per heavy atom. The molecule has 4 aromatic rings. The summed E-state index contributed by atoms with van der Waals surface area (Å²) in [6.45, 7) is 0.0983. The molecule has 10 nitrogen and oxygen atoms in total. The van der Waals surface area contributed by atoms with Gasteiger partial charge in [-0.25, -0.2) is 14.7 Å². The van der Waals surface area contributed by atoms with Crippen molar-refractivity contribution in [1.82, 2.24) is 19.7 Å². The molecule has 2 heterocycles. The zero-order chi connectivity index (χ0) is 35.6. The highest BCUT2D eigenvalue weighted by Crippen LogP contribution is 2.45. The number of hydrogen-bond acceptors (Lipinski definition) is 6. The lowest BCUT2D eigenvalue weighted by molar-refractivity contribution is -0.143. The first-order valence-corrected chi connectivity index (χ1v) is 14.9. The molecular weight excluding hydrogens is 660 g/mol. The van der Waals surface area contributed by atoms with E-state index in [1.54, 1.807) is 60.7 Å². The zero-order valence-corrected chi connectivity index (χ0v) is 25.9. The van der Waals surface area contributed by atoms with Gasteiger partial charge in [-0.2, -0.15) is 31.4 Å². The lowest BCUT2D eigenvalue weighted by atomic mass is 9.74. The number of piperidine rings is 1. The van der Waals surface area contributed by atoms with E-state index in [1.807, 2.05) is 0 Å². The number of amides is 2. The number of halogens is 6. The fraction of sp³-hybridized carbons (Fsp3) is 0.333. The number of nitrogens with two attached hydrogens (primary N) is 1. The number of rotatable bonds is 9. The molecule has 1 aliphatic rings. The number of likely N-dealkylation sites (tertiary alicyclic amines) is 1. The molecule has 16 heteroatoms. The summed E-state index contributed by atoms with van der Waals surface area (Å²) in [5.74, 6) is -0.962. The maximum absolute atomic E-state index is 14.1. The third-order valence-electron chi connectivity index (χ3n) is 8.75. The third-order valence-corrected chi connectivity index (χ3v) is 8.75. The Labute approximate surface area is 275 Å². The van der Waals surface area contributed by atoms with Gasteiger partial charge in [-0.05, 0) is 54.7 Å². The molecule has 1 saturated heterocycles. The number of aromatic nitrogens is 3. The van der Waals surface area contributed by atoms with Gasteiger partial charge in [-0.3, -0.25) is 14.3 Å². The molecule has 5 rings (SSSR count). The van der Waals surface area contributed by atoms with Crippen LogP contribution in [0.5, 0.6) is 0 Å². The van der Waals surface area contributed by atoms with Crippen molar-refractivity contribution in [3.63, 3.8) is 0 Å². The Balaban J connectivity index is 1.58. The number of alkyl halides is 6. The minimum Gasteiger partial charge on any atom is -0.445 e. The van der Waals surface area contributed by atoms with E-state index in [0.717, 1.165) is 10.9 Å². The first kappa shape index (κ1) is 35.2. The van der Waals surface area contributed by atoms with Gasteiger partial charge in [0.25, 0.3) is 0 Å². The van der Waals surface area contributed by atoms with Crippen molar-refractivity contribution in [1.29, 1.82) is 0 Å². The lowest BCUT2D eigenvalue weighted by Crippen LogP contribution is -2.67. The van der Waals surface area contributed by atoms with E-state index < -0.39 is 77.1 Å². The molecule has 1 fully saturated rings. The predicted molar refractivity (Wildman–Crippen MR) is 162 cm³/mol. The molecule has 0 spiro atoms. The molecule has 1 aromatic heterocycles. The smallest absolute Gasteiger partial charge is 0.416 e. The topological polar surface area (TPSA) is 133 Å². The second kappa shape index (κ2) is 13.4. The predicted octanol–water partition coefficient (Wildman–Crippen LogP) is 5.90. The molecule has 3 aromatic carbocycles. The van der Waals surface area contributed by atoms with Gasteiger partial charge in [0, 0.05) is 0 Å². The first-order chi connectivity index (χ1) is 23.1. The summed E-state index contributed by atoms with van der Waals surface area (Å²) in [4.78, 5) is 41.1. The number of H-pyrrole nitrogens is 1.